The van der Waals surface area contributed by atoms with Gasteiger partial charge in [0.15, 0.2) is 0 Å². The highest BCUT2D eigenvalue weighted by Crippen LogP contribution is 2.35. The molecule has 0 fully saturated rings. The highest BCUT2D eigenvalue weighted by molar-refractivity contribution is 14.2. The second kappa shape index (κ2) is 5.50. The lowest BCUT2D eigenvalue weighted by Crippen LogP contribution is -2.21. The average molecular weight is 471 g/mol. The average Bonchev–Trinajstić information content (AvgIpc) is 2.28. The second-order valence-electron chi connectivity index (χ2n) is 3.73. The first-order valence-electron chi connectivity index (χ1n) is 4.94. The molecule has 2 nitrogen and oxygen atoms in total. The van der Waals surface area contributed by atoms with Crippen molar-refractivity contribution in [1.29, 1.82) is 0 Å². The van der Waals surface area contributed by atoms with Crippen molar-refractivity contribution >= 4 is 67.0 Å². The van der Waals surface area contributed by atoms with Gasteiger partial charge in [-0.15, -0.1) is 0 Å². The number of hydrogen-bond acceptors (Lipinski definition) is 2. The minimum absolute atomic E-state index is 0.509. The molecule has 0 saturated heterocycles. The molecule has 90 valence electrons. The van der Waals surface area contributed by atoms with Crippen molar-refractivity contribution in [2.75, 3.05) is 0 Å². The summed E-state index contributed by atoms with van der Waals surface area (Å²) in [7, 11) is 0. The van der Waals surface area contributed by atoms with E-state index >= 15 is 0 Å². The van der Waals surface area contributed by atoms with E-state index < -0.39 is 11.8 Å². The van der Waals surface area contributed by atoms with Crippen molar-refractivity contribution in [1.82, 2.24) is 0 Å². The zero-order chi connectivity index (χ0) is 12.5. The minimum Gasteiger partial charge on any atom is -0.771 e. The Bertz CT molecular complexity index is 569. The molecule has 0 aliphatic carbocycles. The summed E-state index contributed by atoms with van der Waals surface area (Å²) in [6.45, 7) is 0. The molecule has 0 amide bonds. The zero-order valence-corrected chi connectivity index (χ0v) is 13.9. The van der Waals surface area contributed by atoms with Gasteiger partial charge < -0.3 is 4.55 Å². The molecule has 0 heterocycles. The van der Waals surface area contributed by atoms with Gasteiger partial charge in [0.1, 0.15) is 0.760 Å². The topological polar surface area (TPSA) is 40.1 Å². The molecular formula is C12H9I2O2S-. The van der Waals surface area contributed by atoms with Gasteiger partial charge in [-0.1, -0.05) is 87.6 Å². The summed E-state index contributed by atoms with van der Waals surface area (Å²) in [5.74, 6) is 0. The van der Waals surface area contributed by atoms with Gasteiger partial charge in [-0.25, -0.2) is 0 Å². The minimum atomic E-state index is -2.09. The molecule has 0 radical (unpaired) electrons. The quantitative estimate of drug-likeness (QED) is 0.389. The summed E-state index contributed by atoms with van der Waals surface area (Å²) in [5.41, 5.74) is 1.04. The van der Waals surface area contributed by atoms with Crippen LogP contribution in [0.5, 0.6) is 0 Å². The number of alkyl halides is 2. The Morgan fingerprint density at radius 3 is 2.41 bits per heavy atom. The highest BCUT2D eigenvalue weighted by atomic mass is 127. The molecule has 1 atom stereocenters. The van der Waals surface area contributed by atoms with Gasteiger partial charge in [0.2, 0.25) is 0 Å². The van der Waals surface area contributed by atoms with Crippen molar-refractivity contribution < 1.29 is 8.76 Å². The summed E-state index contributed by atoms with van der Waals surface area (Å²) < 4.78 is 21.4. The number of rotatable bonds is 3. The molecule has 17 heavy (non-hydrogen) atoms. The van der Waals surface area contributed by atoms with Gasteiger partial charge in [0, 0.05) is 6.42 Å². The van der Waals surface area contributed by atoms with Crippen LogP contribution < -0.4 is 0 Å². The molecule has 0 aliphatic heterocycles. The fourth-order valence-corrected chi connectivity index (χ4v) is 2.81. The van der Waals surface area contributed by atoms with Crippen LogP contribution in [-0.2, 0) is 17.5 Å². The molecule has 0 aliphatic rings. The lowest BCUT2D eigenvalue weighted by Gasteiger charge is -2.23. The van der Waals surface area contributed by atoms with Crippen molar-refractivity contribution in [3.8, 4) is 0 Å². The van der Waals surface area contributed by atoms with Crippen LogP contribution in [0.25, 0.3) is 10.8 Å². The molecule has 0 aromatic heterocycles. The lowest BCUT2D eigenvalue weighted by atomic mass is 10.1. The monoisotopic (exact) mass is 471 g/mol. The second-order valence-corrected chi connectivity index (χ2v) is 12.1. The van der Waals surface area contributed by atoms with Crippen LogP contribution in [0.15, 0.2) is 42.5 Å². The van der Waals surface area contributed by atoms with E-state index in [1.165, 1.54) is 5.39 Å². The van der Waals surface area contributed by atoms with Crippen LogP contribution in [0.2, 0.25) is 0 Å². The highest BCUT2D eigenvalue weighted by Gasteiger charge is 2.24. The van der Waals surface area contributed by atoms with Crippen LogP contribution in [0, 0.1) is 0 Å². The fourth-order valence-electron chi connectivity index (χ4n) is 1.65. The summed E-state index contributed by atoms with van der Waals surface area (Å²) in [4.78, 5) is 0. The molecule has 2 aromatic carbocycles. The Balaban J connectivity index is 2.34. The molecule has 0 spiro atoms. The Morgan fingerprint density at radius 2 is 1.76 bits per heavy atom. The van der Waals surface area contributed by atoms with E-state index in [9.17, 15) is 8.76 Å². The largest absolute Gasteiger partial charge is 0.771 e. The molecule has 0 saturated carbocycles. The summed E-state index contributed by atoms with van der Waals surface area (Å²) >= 11 is 1.85. The predicted octanol–water partition coefficient (Wildman–Crippen LogP) is 3.79. The summed E-state index contributed by atoms with van der Waals surface area (Å²) in [6, 6.07) is 14.1. The normalized spacial score (nSPS) is 13.8. The molecule has 0 bridgehead atoms. The van der Waals surface area contributed by atoms with Crippen LogP contribution in [0.4, 0.5) is 0 Å². The third-order valence-electron chi connectivity index (χ3n) is 2.47. The number of fused-ring (bicyclic) bond motifs is 1. The van der Waals surface area contributed by atoms with Gasteiger partial charge in [-0.2, -0.15) is 0 Å². The lowest BCUT2D eigenvalue weighted by molar-refractivity contribution is 0.533. The van der Waals surface area contributed by atoms with Gasteiger partial charge in [-0.05, 0) is 27.4 Å². The van der Waals surface area contributed by atoms with Crippen LogP contribution in [0.1, 0.15) is 5.56 Å². The van der Waals surface area contributed by atoms with Gasteiger partial charge in [0.05, 0.1) is 0 Å². The first kappa shape index (κ1) is 13.7. The van der Waals surface area contributed by atoms with Gasteiger partial charge in [0.25, 0.3) is 0 Å². The van der Waals surface area contributed by atoms with E-state index in [4.69, 9.17) is 0 Å². The fraction of sp³-hybridized carbons (Fsp3) is 0.167. The Kier molecular flexibility index (Phi) is 4.43. The smallest absolute Gasteiger partial charge is 0.138 e. The number of benzene rings is 2. The van der Waals surface area contributed by atoms with Crippen molar-refractivity contribution in [3.05, 3.63) is 48.0 Å². The van der Waals surface area contributed by atoms with E-state index in [-0.39, 0.29) is 0 Å². The van der Waals surface area contributed by atoms with Gasteiger partial charge in [-0.3, -0.25) is 4.21 Å². The molecule has 1 unspecified atom stereocenters. The van der Waals surface area contributed by atoms with Crippen LogP contribution >= 0.6 is 45.2 Å². The molecule has 2 rings (SSSR count). The molecular weight excluding hydrogens is 462 g/mol. The van der Waals surface area contributed by atoms with Crippen LogP contribution in [0.3, 0.4) is 0 Å². The first-order chi connectivity index (χ1) is 7.99. The summed E-state index contributed by atoms with van der Waals surface area (Å²) in [6.07, 6.45) is 0.509. The number of halogens is 2. The summed E-state index contributed by atoms with van der Waals surface area (Å²) in [5, 5.41) is 2.32. The molecule has 5 heteroatoms. The Morgan fingerprint density at radius 1 is 1.12 bits per heavy atom. The van der Waals surface area contributed by atoms with Crippen molar-refractivity contribution in [2.45, 2.75) is 7.18 Å². The van der Waals surface area contributed by atoms with Crippen molar-refractivity contribution in [2.24, 2.45) is 0 Å². The van der Waals surface area contributed by atoms with Gasteiger partial charge >= 0.3 is 0 Å². The molecule has 2 aromatic rings. The van der Waals surface area contributed by atoms with E-state index in [0.717, 1.165) is 10.9 Å². The van der Waals surface area contributed by atoms with E-state index in [0.29, 0.717) is 6.42 Å². The molecule has 0 N–H and O–H groups in total. The van der Waals surface area contributed by atoms with E-state index in [1.807, 2.05) is 87.6 Å². The third kappa shape index (κ3) is 3.39. The van der Waals surface area contributed by atoms with E-state index in [2.05, 4.69) is 0 Å². The third-order valence-corrected chi connectivity index (χ3v) is 6.02. The predicted molar refractivity (Wildman–Crippen MR) is 87.3 cm³/mol. The Hall–Kier alpha value is 0.270. The Labute approximate surface area is 130 Å². The van der Waals surface area contributed by atoms with E-state index in [1.54, 1.807) is 0 Å². The first-order valence-corrected chi connectivity index (χ1v) is 8.17. The standard InChI is InChI=1S/C12H10I2O2S/c13-12(14,17(15)16)8-9-5-6-10-3-1-2-4-11(10)7-9/h1-7H,8H2,(H,15,16)/p-1. The maximum Gasteiger partial charge on any atom is 0.138 e. The maximum absolute atomic E-state index is 11.1. The maximum atomic E-state index is 11.1. The zero-order valence-electron chi connectivity index (χ0n) is 8.73. The SMILES string of the molecule is O=S([O-])C(I)(I)Cc1ccc2ccccc2c1. The van der Waals surface area contributed by atoms with Crippen LogP contribution in [-0.4, -0.2) is 9.52 Å². The number of hydrogen-bond donors (Lipinski definition) is 0. The van der Waals surface area contributed by atoms with Crippen molar-refractivity contribution in [3.63, 3.8) is 0 Å².